The number of ether oxygens (including phenoxy) is 1. The summed E-state index contributed by atoms with van der Waals surface area (Å²) < 4.78 is 8.68. The second kappa shape index (κ2) is 11.5. The van der Waals surface area contributed by atoms with E-state index < -0.39 is 17.3 Å². The summed E-state index contributed by atoms with van der Waals surface area (Å²) in [6, 6.07) is 15.7. The average molecular weight is 588 g/mol. The molecule has 3 aliphatic heterocycles. The molecule has 3 aromatic rings. The Balaban J connectivity index is 1.40. The molecule has 0 radical (unpaired) electrons. The molecule has 0 unspecified atom stereocenters. The van der Waals surface area contributed by atoms with E-state index in [4.69, 9.17) is 4.74 Å². The molecule has 2 aromatic carbocycles. The summed E-state index contributed by atoms with van der Waals surface area (Å²) in [5.74, 6) is -0.783. The zero-order valence-electron chi connectivity index (χ0n) is 25.1. The zero-order valence-corrected chi connectivity index (χ0v) is 25.1. The molecule has 0 aliphatic carbocycles. The number of hydrogen-bond acceptors (Lipinski definition) is 7. The Kier molecular flexibility index (Phi) is 7.87. The lowest BCUT2D eigenvalue weighted by molar-refractivity contribution is -0.146. The maximum Gasteiger partial charge on any atom is 0.264 e. The number of amides is 2. The first-order chi connectivity index (χ1) is 20.6. The van der Waals surface area contributed by atoms with Gasteiger partial charge < -0.3 is 24.7 Å². The van der Waals surface area contributed by atoms with Crippen molar-refractivity contribution in [2.45, 2.75) is 83.3 Å². The van der Waals surface area contributed by atoms with Gasteiger partial charge in [0.05, 0.1) is 29.6 Å². The van der Waals surface area contributed by atoms with Gasteiger partial charge in [-0.05, 0) is 56.9 Å². The second-order valence-corrected chi connectivity index (χ2v) is 12.7. The van der Waals surface area contributed by atoms with Crippen LogP contribution in [0.15, 0.2) is 54.7 Å². The van der Waals surface area contributed by atoms with Crippen LogP contribution >= 0.6 is 0 Å². The van der Waals surface area contributed by atoms with Crippen LogP contribution in [0.25, 0.3) is 0 Å². The van der Waals surface area contributed by atoms with E-state index in [0.717, 1.165) is 35.3 Å². The molecule has 4 atom stereocenters. The maximum absolute atomic E-state index is 14.7. The summed E-state index contributed by atoms with van der Waals surface area (Å²) in [5.41, 5.74) is 1.55. The van der Waals surface area contributed by atoms with E-state index in [-0.39, 0.29) is 30.3 Å². The Labute approximate surface area is 252 Å². The molecule has 6 rings (SSSR count). The molecule has 3 aliphatic rings. The third kappa shape index (κ3) is 5.25. The normalized spacial score (nSPS) is 25.7. The number of aromatic nitrogens is 3. The lowest BCUT2D eigenvalue weighted by Crippen LogP contribution is -2.46. The van der Waals surface area contributed by atoms with Gasteiger partial charge in [-0.15, -0.1) is 5.10 Å². The minimum atomic E-state index is -1.32. The van der Waals surface area contributed by atoms with Gasteiger partial charge in [-0.25, -0.2) is 0 Å². The van der Waals surface area contributed by atoms with Gasteiger partial charge in [0.2, 0.25) is 5.91 Å². The lowest BCUT2D eigenvalue weighted by atomic mass is 9.70. The van der Waals surface area contributed by atoms with Gasteiger partial charge >= 0.3 is 0 Å². The fraction of sp³-hybridized carbons (Fsp3) is 0.515. The summed E-state index contributed by atoms with van der Waals surface area (Å²) in [4.78, 5) is 31.2. The molecule has 2 N–H and O–H groups in total. The number of carbonyl (C=O) groups is 2. The van der Waals surface area contributed by atoms with E-state index in [1.807, 2.05) is 66.6 Å². The zero-order chi connectivity index (χ0) is 30.4. The summed E-state index contributed by atoms with van der Waals surface area (Å²) in [6.45, 7) is 7.08. The predicted molar refractivity (Wildman–Crippen MR) is 161 cm³/mol. The van der Waals surface area contributed by atoms with E-state index in [2.05, 4.69) is 10.3 Å². The van der Waals surface area contributed by atoms with Crippen LogP contribution in [-0.2, 0) is 39.4 Å². The molecule has 0 bridgehead atoms. The molecular weight excluding hydrogens is 546 g/mol. The van der Waals surface area contributed by atoms with Gasteiger partial charge in [0.15, 0.2) is 5.60 Å². The maximum atomic E-state index is 14.7. The highest BCUT2D eigenvalue weighted by atomic mass is 16.5. The minimum Gasteiger partial charge on any atom is -0.396 e. The SMILES string of the molecule is C[C@H]1[C@H](C(C)(C)O)[C@@H](CCn2cc(CCO)nn2)O[C@]12C(=O)N(Cc1ccccc1)c1ccc(N3CCCCC3=O)cc12. The number of rotatable bonds is 9. The number of aliphatic hydroxyl groups is 2. The molecule has 2 saturated heterocycles. The Morgan fingerprint density at radius 1 is 1.12 bits per heavy atom. The molecule has 43 heavy (non-hydrogen) atoms. The van der Waals surface area contributed by atoms with Crippen molar-refractivity contribution < 1.29 is 24.5 Å². The van der Waals surface area contributed by atoms with Crippen LogP contribution < -0.4 is 9.80 Å². The van der Waals surface area contributed by atoms with Crippen LogP contribution in [0.1, 0.15) is 63.3 Å². The van der Waals surface area contributed by atoms with Crippen LogP contribution in [0, 0.1) is 11.8 Å². The summed E-state index contributed by atoms with van der Waals surface area (Å²) in [5, 5.41) is 29.1. The van der Waals surface area contributed by atoms with E-state index >= 15 is 0 Å². The van der Waals surface area contributed by atoms with Crippen molar-refractivity contribution in [1.82, 2.24) is 15.0 Å². The minimum absolute atomic E-state index is 0.00272. The number of benzene rings is 2. The van der Waals surface area contributed by atoms with Gasteiger partial charge in [-0.1, -0.05) is 42.5 Å². The fourth-order valence-corrected chi connectivity index (χ4v) is 7.44. The van der Waals surface area contributed by atoms with Crippen molar-refractivity contribution in [2.24, 2.45) is 11.8 Å². The Morgan fingerprint density at radius 2 is 1.91 bits per heavy atom. The number of carbonyl (C=O) groups excluding carboxylic acids is 2. The van der Waals surface area contributed by atoms with Crippen LogP contribution in [-0.4, -0.2) is 61.9 Å². The van der Waals surface area contributed by atoms with Crippen molar-refractivity contribution in [3.63, 3.8) is 0 Å². The topological polar surface area (TPSA) is 121 Å². The first-order valence-electron chi connectivity index (χ1n) is 15.3. The molecule has 228 valence electrons. The van der Waals surface area contributed by atoms with E-state index in [0.29, 0.717) is 44.6 Å². The predicted octanol–water partition coefficient (Wildman–Crippen LogP) is 3.58. The third-order valence-electron chi connectivity index (χ3n) is 9.38. The molecule has 1 aromatic heterocycles. The Bertz CT molecular complexity index is 1480. The molecule has 4 heterocycles. The third-order valence-corrected chi connectivity index (χ3v) is 9.38. The van der Waals surface area contributed by atoms with Crippen molar-refractivity contribution in [2.75, 3.05) is 23.0 Å². The fourth-order valence-electron chi connectivity index (χ4n) is 7.44. The van der Waals surface area contributed by atoms with Crippen LogP contribution in [0.5, 0.6) is 0 Å². The summed E-state index contributed by atoms with van der Waals surface area (Å²) >= 11 is 0. The summed E-state index contributed by atoms with van der Waals surface area (Å²) in [7, 11) is 0. The average Bonchev–Trinajstić information content (AvgIpc) is 3.63. The van der Waals surface area contributed by atoms with E-state index in [1.54, 1.807) is 23.4 Å². The van der Waals surface area contributed by atoms with Crippen molar-refractivity contribution >= 4 is 23.2 Å². The number of aliphatic hydroxyl groups excluding tert-OH is 1. The number of anilines is 2. The van der Waals surface area contributed by atoms with Gasteiger partial charge in [0, 0.05) is 61.8 Å². The van der Waals surface area contributed by atoms with Gasteiger partial charge in [-0.3, -0.25) is 14.3 Å². The highest BCUT2D eigenvalue weighted by Crippen LogP contribution is 2.58. The van der Waals surface area contributed by atoms with Gasteiger partial charge in [-0.2, -0.15) is 0 Å². The molecule has 0 saturated carbocycles. The number of piperidine rings is 1. The lowest BCUT2D eigenvalue weighted by Gasteiger charge is -2.34. The van der Waals surface area contributed by atoms with E-state index in [9.17, 15) is 19.8 Å². The summed E-state index contributed by atoms with van der Waals surface area (Å²) in [6.07, 6.45) is 4.63. The van der Waals surface area contributed by atoms with Crippen molar-refractivity contribution in [3.8, 4) is 0 Å². The standard InChI is InChI=1S/C33H41N5O5/c1-22-30(32(2,3)42)28(14-17-36-21-24(15-18-39)34-35-36)43-33(22)26-19-25(37-16-8-7-11-29(37)40)12-13-27(26)38(31(33)41)20-23-9-5-4-6-10-23/h4-6,9-10,12-13,19,21-22,28,30,39,42H,7-8,11,14-18,20H2,1-3H3/t22-,28+,30-,33+/m0/s1. The Hall–Kier alpha value is -3.60. The highest BCUT2D eigenvalue weighted by molar-refractivity contribution is 6.08. The molecule has 2 amide bonds. The largest absolute Gasteiger partial charge is 0.396 e. The molecule has 10 nitrogen and oxygen atoms in total. The first kappa shape index (κ1) is 29.5. The van der Waals surface area contributed by atoms with E-state index in [1.165, 1.54) is 0 Å². The number of nitrogens with zero attached hydrogens (tertiary/aromatic N) is 5. The molecule has 1 spiro atoms. The van der Waals surface area contributed by atoms with Crippen molar-refractivity contribution in [3.05, 3.63) is 71.5 Å². The van der Waals surface area contributed by atoms with Crippen LogP contribution in [0.4, 0.5) is 11.4 Å². The van der Waals surface area contributed by atoms with Crippen molar-refractivity contribution in [1.29, 1.82) is 0 Å². The second-order valence-electron chi connectivity index (χ2n) is 12.7. The van der Waals surface area contributed by atoms with Gasteiger partial charge in [0.1, 0.15) is 0 Å². The molecule has 10 heteroatoms. The molecule has 2 fully saturated rings. The first-order valence-corrected chi connectivity index (χ1v) is 15.3. The number of hydrogen-bond donors (Lipinski definition) is 2. The monoisotopic (exact) mass is 587 g/mol. The van der Waals surface area contributed by atoms with Crippen LogP contribution in [0.2, 0.25) is 0 Å². The number of fused-ring (bicyclic) bond motifs is 2. The number of aryl methyl sites for hydroxylation is 1. The quantitative estimate of drug-likeness (QED) is 0.393. The Morgan fingerprint density at radius 3 is 2.63 bits per heavy atom. The smallest absolute Gasteiger partial charge is 0.264 e. The van der Waals surface area contributed by atoms with Gasteiger partial charge in [0.25, 0.3) is 5.91 Å². The van der Waals surface area contributed by atoms with Crippen LogP contribution in [0.3, 0.4) is 0 Å². The highest BCUT2D eigenvalue weighted by Gasteiger charge is 2.65. The molecular formula is C33H41N5O5.